The van der Waals surface area contributed by atoms with Crippen LogP contribution in [0.15, 0.2) is 97.1 Å². The summed E-state index contributed by atoms with van der Waals surface area (Å²) >= 11 is 0. The van der Waals surface area contributed by atoms with Crippen LogP contribution >= 0.6 is 0 Å². The average molecular weight is 495 g/mol. The van der Waals surface area contributed by atoms with Crippen molar-refractivity contribution in [3.05, 3.63) is 119 Å². The summed E-state index contributed by atoms with van der Waals surface area (Å²) in [5.41, 5.74) is 7.24. The molecule has 1 atom stereocenters. The van der Waals surface area contributed by atoms with Gasteiger partial charge in [0.2, 0.25) is 0 Å². The SMILES string of the molecule is Cc1ccc(-c2ccc(C3COc4ccc5c(c4-c4c(ccc6ccccc46)OC3)=CCCC=5)cc2)cc1. The Balaban J connectivity index is 1.33. The van der Waals surface area contributed by atoms with E-state index in [0.29, 0.717) is 13.2 Å². The second-order valence-corrected chi connectivity index (χ2v) is 10.4. The van der Waals surface area contributed by atoms with Gasteiger partial charge in [0.05, 0.1) is 19.1 Å². The van der Waals surface area contributed by atoms with Crippen molar-refractivity contribution in [2.24, 2.45) is 0 Å². The average Bonchev–Trinajstić information content (AvgIpc) is 3.05. The Morgan fingerprint density at radius 1 is 0.605 bits per heavy atom. The highest BCUT2D eigenvalue weighted by molar-refractivity contribution is 6.01. The molecule has 1 aliphatic heterocycles. The topological polar surface area (TPSA) is 18.5 Å². The van der Waals surface area contributed by atoms with Crippen LogP contribution in [0.2, 0.25) is 0 Å². The van der Waals surface area contributed by atoms with Crippen LogP contribution in [0.4, 0.5) is 0 Å². The number of ether oxygens (including phenoxy) is 2. The molecule has 0 saturated heterocycles. The quantitative estimate of drug-likeness (QED) is 0.255. The van der Waals surface area contributed by atoms with Crippen molar-refractivity contribution in [2.45, 2.75) is 25.7 Å². The van der Waals surface area contributed by atoms with Crippen molar-refractivity contribution >= 4 is 22.9 Å². The summed E-state index contributed by atoms with van der Waals surface area (Å²) in [6.07, 6.45) is 6.82. The fourth-order valence-electron chi connectivity index (χ4n) is 5.80. The van der Waals surface area contributed by atoms with Gasteiger partial charge in [0.1, 0.15) is 11.5 Å². The van der Waals surface area contributed by atoms with Crippen molar-refractivity contribution < 1.29 is 9.47 Å². The molecule has 38 heavy (non-hydrogen) atoms. The van der Waals surface area contributed by atoms with Crippen LogP contribution in [-0.2, 0) is 0 Å². The molecule has 186 valence electrons. The van der Waals surface area contributed by atoms with Gasteiger partial charge >= 0.3 is 0 Å². The molecule has 0 N–H and O–H groups in total. The summed E-state index contributed by atoms with van der Waals surface area (Å²) in [5, 5.41) is 4.94. The van der Waals surface area contributed by atoms with Gasteiger partial charge in [0.15, 0.2) is 0 Å². The number of rotatable bonds is 2. The maximum Gasteiger partial charge on any atom is 0.127 e. The first kappa shape index (κ1) is 22.9. The van der Waals surface area contributed by atoms with E-state index in [2.05, 4.69) is 116 Å². The van der Waals surface area contributed by atoms with E-state index in [0.717, 1.165) is 35.5 Å². The summed E-state index contributed by atoms with van der Waals surface area (Å²) < 4.78 is 13.3. The smallest absolute Gasteiger partial charge is 0.127 e. The first-order valence-corrected chi connectivity index (χ1v) is 13.5. The molecule has 1 aliphatic carbocycles. The third-order valence-electron chi connectivity index (χ3n) is 7.91. The molecule has 0 radical (unpaired) electrons. The largest absolute Gasteiger partial charge is 0.492 e. The highest BCUT2D eigenvalue weighted by Crippen LogP contribution is 2.41. The van der Waals surface area contributed by atoms with Gasteiger partial charge < -0.3 is 9.47 Å². The molecule has 2 heteroatoms. The molecular formula is C36H30O2. The van der Waals surface area contributed by atoms with Crippen LogP contribution in [0.5, 0.6) is 11.5 Å². The van der Waals surface area contributed by atoms with Gasteiger partial charge in [0, 0.05) is 11.1 Å². The number of aryl methyl sites for hydroxylation is 1. The minimum Gasteiger partial charge on any atom is -0.492 e. The Morgan fingerprint density at radius 2 is 1.26 bits per heavy atom. The van der Waals surface area contributed by atoms with Gasteiger partial charge in [-0.15, -0.1) is 0 Å². The van der Waals surface area contributed by atoms with Gasteiger partial charge in [-0.1, -0.05) is 103 Å². The monoisotopic (exact) mass is 494 g/mol. The second-order valence-electron chi connectivity index (χ2n) is 10.4. The summed E-state index contributed by atoms with van der Waals surface area (Å²) in [7, 11) is 0. The Labute approximate surface area is 223 Å². The Hall–Kier alpha value is -4.30. The van der Waals surface area contributed by atoms with E-state index in [1.807, 2.05) is 0 Å². The molecule has 1 unspecified atom stereocenters. The van der Waals surface area contributed by atoms with Crippen molar-refractivity contribution in [2.75, 3.05) is 13.2 Å². The highest BCUT2D eigenvalue weighted by Gasteiger charge is 2.23. The Bertz CT molecular complexity index is 1760. The fourth-order valence-corrected chi connectivity index (χ4v) is 5.80. The third-order valence-corrected chi connectivity index (χ3v) is 7.91. The van der Waals surface area contributed by atoms with Crippen molar-refractivity contribution in [1.29, 1.82) is 0 Å². The minimum absolute atomic E-state index is 0.110. The summed E-state index contributed by atoms with van der Waals surface area (Å²) in [5.74, 6) is 1.96. The molecule has 0 spiro atoms. The second kappa shape index (κ2) is 9.54. The zero-order valence-electron chi connectivity index (χ0n) is 21.6. The van der Waals surface area contributed by atoms with E-state index in [-0.39, 0.29) is 5.92 Å². The Kier molecular flexibility index (Phi) is 5.74. The standard InChI is InChI=1S/C36H30O2/c1-24-10-12-25(13-11-24)26-14-16-27(17-15-26)30-22-37-33-20-18-28-6-2-4-8-31(28)35(33)36-32-9-5-3-7-29(32)19-21-34(36)38-23-30/h2,4,6-21,30H,3,5,22-23H2,1H3. The normalized spacial score (nSPS) is 16.2. The predicted molar refractivity (Wildman–Crippen MR) is 157 cm³/mol. The summed E-state index contributed by atoms with van der Waals surface area (Å²) in [6.45, 7) is 3.24. The number of hydrogen-bond donors (Lipinski definition) is 0. The molecule has 5 aromatic rings. The molecule has 0 bridgehead atoms. The first-order chi connectivity index (χ1) is 18.7. The van der Waals surface area contributed by atoms with E-state index in [4.69, 9.17) is 9.47 Å². The molecule has 0 aromatic heterocycles. The van der Waals surface area contributed by atoms with Crippen molar-refractivity contribution in [3.63, 3.8) is 0 Å². The molecular weight excluding hydrogens is 464 g/mol. The van der Waals surface area contributed by atoms with E-state index in [1.165, 1.54) is 43.5 Å². The summed E-state index contributed by atoms with van der Waals surface area (Å²) in [6, 6.07) is 34.8. The van der Waals surface area contributed by atoms with Crippen LogP contribution in [0.25, 0.3) is 45.2 Å². The summed E-state index contributed by atoms with van der Waals surface area (Å²) in [4.78, 5) is 0. The number of hydrogen-bond acceptors (Lipinski definition) is 2. The fraction of sp³-hybridized carbons (Fsp3) is 0.167. The van der Waals surface area contributed by atoms with Crippen LogP contribution in [0.1, 0.15) is 29.9 Å². The highest BCUT2D eigenvalue weighted by atomic mass is 16.5. The maximum absolute atomic E-state index is 6.66. The zero-order chi connectivity index (χ0) is 25.5. The first-order valence-electron chi connectivity index (χ1n) is 13.5. The lowest BCUT2D eigenvalue weighted by Crippen LogP contribution is -2.29. The molecule has 2 nitrogen and oxygen atoms in total. The predicted octanol–water partition coefficient (Wildman–Crippen LogP) is 7.39. The van der Waals surface area contributed by atoms with Crippen LogP contribution in [0, 0.1) is 6.92 Å². The van der Waals surface area contributed by atoms with Crippen molar-refractivity contribution in [1.82, 2.24) is 0 Å². The van der Waals surface area contributed by atoms with Gasteiger partial charge in [-0.3, -0.25) is 0 Å². The molecule has 7 rings (SSSR count). The van der Waals surface area contributed by atoms with Gasteiger partial charge in [-0.05, 0) is 69.8 Å². The number of benzene rings is 5. The van der Waals surface area contributed by atoms with Gasteiger partial charge in [0.25, 0.3) is 0 Å². The minimum atomic E-state index is 0.110. The Morgan fingerprint density at radius 3 is 2.05 bits per heavy atom. The zero-order valence-corrected chi connectivity index (χ0v) is 21.6. The molecule has 2 aliphatic rings. The van der Waals surface area contributed by atoms with Gasteiger partial charge in [-0.2, -0.15) is 0 Å². The molecule has 0 fully saturated rings. The molecule has 0 saturated carbocycles. The lowest BCUT2D eigenvalue weighted by Gasteiger charge is -2.18. The van der Waals surface area contributed by atoms with Crippen molar-refractivity contribution in [3.8, 4) is 33.8 Å². The van der Waals surface area contributed by atoms with Crippen LogP contribution in [0.3, 0.4) is 0 Å². The molecule has 1 heterocycles. The lowest BCUT2D eigenvalue weighted by atomic mass is 9.92. The van der Waals surface area contributed by atoms with E-state index < -0.39 is 0 Å². The van der Waals surface area contributed by atoms with E-state index in [1.54, 1.807) is 0 Å². The van der Waals surface area contributed by atoms with E-state index in [9.17, 15) is 0 Å². The lowest BCUT2D eigenvalue weighted by molar-refractivity contribution is 0.223. The van der Waals surface area contributed by atoms with E-state index >= 15 is 0 Å². The van der Waals surface area contributed by atoms with Gasteiger partial charge in [-0.25, -0.2) is 0 Å². The maximum atomic E-state index is 6.66. The number of fused-ring (bicyclic) bond motifs is 7. The molecule has 5 aromatic carbocycles. The van der Waals surface area contributed by atoms with Crippen LogP contribution in [-0.4, -0.2) is 13.2 Å². The molecule has 0 amide bonds. The van der Waals surface area contributed by atoms with Crippen LogP contribution < -0.4 is 19.9 Å². The third kappa shape index (κ3) is 4.07.